The van der Waals surface area contributed by atoms with Gasteiger partial charge in [-0.15, -0.1) is 0 Å². The number of nitrogens with zero attached hydrogens (tertiary/aromatic N) is 3. The number of rotatable bonds is 6. The normalized spacial score (nSPS) is 19.2. The van der Waals surface area contributed by atoms with Gasteiger partial charge in [0.25, 0.3) is 0 Å². The van der Waals surface area contributed by atoms with E-state index in [2.05, 4.69) is 45.4 Å². The second-order valence-corrected chi connectivity index (χ2v) is 5.60. The summed E-state index contributed by atoms with van der Waals surface area (Å²) in [6.45, 7) is 2.19. The lowest BCUT2D eigenvalue weighted by Gasteiger charge is -2.22. The molecule has 2 aromatic rings. The van der Waals surface area contributed by atoms with Crippen LogP contribution in [0.15, 0.2) is 34.9 Å². The van der Waals surface area contributed by atoms with Crippen molar-refractivity contribution in [2.75, 3.05) is 6.54 Å². The molecule has 21 heavy (non-hydrogen) atoms. The van der Waals surface area contributed by atoms with Crippen molar-refractivity contribution in [3.63, 3.8) is 0 Å². The van der Waals surface area contributed by atoms with Crippen molar-refractivity contribution < 1.29 is 4.52 Å². The number of nitrogens with two attached hydrogens (primary N) is 1. The SMILES string of the molecule is NCc1nc(CN2CCCC2CCc2ccccc2)no1. The number of aromatic nitrogens is 2. The van der Waals surface area contributed by atoms with E-state index < -0.39 is 0 Å². The highest BCUT2D eigenvalue weighted by atomic mass is 16.5. The molecule has 1 aromatic heterocycles. The molecule has 5 heteroatoms. The van der Waals surface area contributed by atoms with Gasteiger partial charge >= 0.3 is 0 Å². The van der Waals surface area contributed by atoms with E-state index in [-0.39, 0.29) is 0 Å². The van der Waals surface area contributed by atoms with E-state index in [9.17, 15) is 0 Å². The first-order chi connectivity index (χ1) is 10.3. The van der Waals surface area contributed by atoms with Crippen molar-refractivity contribution in [2.45, 2.75) is 44.8 Å². The van der Waals surface area contributed by atoms with Crippen LogP contribution in [-0.4, -0.2) is 27.6 Å². The Morgan fingerprint density at radius 2 is 2.14 bits per heavy atom. The summed E-state index contributed by atoms with van der Waals surface area (Å²) in [5, 5.41) is 4.00. The fourth-order valence-electron chi connectivity index (χ4n) is 3.03. The number of hydrogen-bond donors (Lipinski definition) is 1. The maximum atomic E-state index is 5.50. The van der Waals surface area contributed by atoms with E-state index in [4.69, 9.17) is 10.3 Å². The summed E-state index contributed by atoms with van der Waals surface area (Å²) in [4.78, 5) is 6.77. The van der Waals surface area contributed by atoms with Crippen molar-refractivity contribution >= 4 is 0 Å². The standard InChI is InChI=1S/C16H22N4O/c17-11-16-18-15(19-21-16)12-20-10-4-7-14(20)9-8-13-5-2-1-3-6-13/h1-3,5-6,14H,4,7-12,17H2. The number of aryl methyl sites for hydroxylation is 1. The predicted molar refractivity (Wildman–Crippen MR) is 80.4 cm³/mol. The Bertz CT molecular complexity index is 554. The zero-order chi connectivity index (χ0) is 14.5. The van der Waals surface area contributed by atoms with Gasteiger partial charge < -0.3 is 10.3 Å². The van der Waals surface area contributed by atoms with Crippen LogP contribution in [0.4, 0.5) is 0 Å². The van der Waals surface area contributed by atoms with E-state index in [1.54, 1.807) is 0 Å². The molecule has 1 aliphatic heterocycles. The molecule has 3 rings (SSSR count). The monoisotopic (exact) mass is 286 g/mol. The zero-order valence-electron chi connectivity index (χ0n) is 12.2. The van der Waals surface area contributed by atoms with Crippen LogP contribution in [0.2, 0.25) is 0 Å². The summed E-state index contributed by atoms with van der Waals surface area (Å²) < 4.78 is 5.08. The van der Waals surface area contributed by atoms with Crippen LogP contribution in [0, 0.1) is 0 Å². The van der Waals surface area contributed by atoms with Crippen LogP contribution in [0.5, 0.6) is 0 Å². The van der Waals surface area contributed by atoms with E-state index in [1.165, 1.54) is 24.8 Å². The van der Waals surface area contributed by atoms with Gasteiger partial charge in [-0.05, 0) is 37.8 Å². The molecule has 1 saturated heterocycles. The summed E-state index contributed by atoms with van der Waals surface area (Å²) in [5.41, 5.74) is 6.91. The topological polar surface area (TPSA) is 68.2 Å². The molecule has 2 heterocycles. The summed E-state index contributed by atoms with van der Waals surface area (Å²) in [6.07, 6.45) is 4.82. The molecule has 0 spiro atoms. The van der Waals surface area contributed by atoms with Crippen LogP contribution < -0.4 is 5.73 Å². The summed E-state index contributed by atoms with van der Waals surface area (Å²) >= 11 is 0. The van der Waals surface area contributed by atoms with E-state index in [0.29, 0.717) is 18.5 Å². The lowest BCUT2D eigenvalue weighted by molar-refractivity contribution is 0.225. The third-order valence-corrected chi connectivity index (χ3v) is 4.14. The van der Waals surface area contributed by atoms with Gasteiger partial charge in [0.05, 0.1) is 13.1 Å². The van der Waals surface area contributed by atoms with Gasteiger partial charge in [-0.2, -0.15) is 4.98 Å². The van der Waals surface area contributed by atoms with E-state index >= 15 is 0 Å². The van der Waals surface area contributed by atoms with Crippen LogP contribution in [0.25, 0.3) is 0 Å². The lowest BCUT2D eigenvalue weighted by atomic mass is 10.0. The summed E-state index contributed by atoms with van der Waals surface area (Å²) in [5.74, 6) is 1.27. The highest BCUT2D eigenvalue weighted by molar-refractivity contribution is 5.14. The largest absolute Gasteiger partial charge is 0.338 e. The minimum Gasteiger partial charge on any atom is -0.338 e. The van der Waals surface area contributed by atoms with Gasteiger partial charge in [0, 0.05) is 6.04 Å². The van der Waals surface area contributed by atoms with Crippen molar-refractivity contribution in [2.24, 2.45) is 5.73 Å². The molecule has 112 valence electrons. The fraction of sp³-hybridized carbons (Fsp3) is 0.500. The van der Waals surface area contributed by atoms with Crippen LogP contribution in [0.3, 0.4) is 0 Å². The van der Waals surface area contributed by atoms with Gasteiger partial charge in [-0.25, -0.2) is 0 Å². The molecule has 0 saturated carbocycles. The van der Waals surface area contributed by atoms with Crippen LogP contribution in [0.1, 0.15) is 36.5 Å². The molecule has 0 radical (unpaired) electrons. The van der Waals surface area contributed by atoms with E-state index in [0.717, 1.165) is 25.3 Å². The number of likely N-dealkylation sites (tertiary alicyclic amines) is 1. The Morgan fingerprint density at radius 1 is 1.29 bits per heavy atom. The molecule has 1 aromatic carbocycles. The smallest absolute Gasteiger partial charge is 0.240 e. The van der Waals surface area contributed by atoms with Gasteiger partial charge in [0.1, 0.15) is 0 Å². The molecule has 1 unspecified atom stereocenters. The first-order valence-electron chi connectivity index (χ1n) is 7.64. The average Bonchev–Trinajstić information content (AvgIpc) is 3.16. The predicted octanol–water partition coefficient (Wildman–Crippen LogP) is 2.13. The van der Waals surface area contributed by atoms with Crippen molar-refractivity contribution in [3.05, 3.63) is 47.6 Å². The molecule has 1 fully saturated rings. The Balaban J connectivity index is 1.55. The van der Waals surface area contributed by atoms with Crippen molar-refractivity contribution in [1.29, 1.82) is 0 Å². The summed E-state index contributed by atoms with van der Waals surface area (Å²) in [6, 6.07) is 11.3. The van der Waals surface area contributed by atoms with Gasteiger partial charge in [0.15, 0.2) is 5.82 Å². The van der Waals surface area contributed by atoms with Crippen molar-refractivity contribution in [1.82, 2.24) is 15.0 Å². The second kappa shape index (κ2) is 6.83. The Kier molecular flexibility index (Phi) is 4.62. The maximum Gasteiger partial charge on any atom is 0.240 e. The van der Waals surface area contributed by atoms with Gasteiger partial charge in [-0.1, -0.05) is 35.5 Å². The molecule has 0 aliphatic carbocycles. The molecular weight excluding hydrogens is 264 g/mol. The van der Waals surface area contributed by atoms with E-state index in [1.807, 2.05) is 0 Å². The first kappa shape index (κ1) is 14.2. The minimum absolute atomic E-state index is 0.310. The number of hydrogen-bond acceptors (Lipinski definition) is 5. The third-order valence-electron chi connectivity index (χ3n) is 4.14. The fourth-order valence-corrected chi connectivity index (χ4v) is 3.03. The average molecular weight is 286 g/mol. The zero-order valence-corrected chi connectivity index (χ0v) is 12.2. The Morgan fingerprint density at radius 3 is 2.90 bits per heavy atom. The first-order valence-corrected chi connectivity index (χ1v) is 7.64. The Labute approximate surface area is 125 Å². The second-order valence-electron chi connectivity index (χ2n) is 5.60. The number of benzene rings is 1. The molecule has 2 N–H and O–H groups in total. The molecule has 1 atom stereocenters. The molecule has 5 nitrogen and oxygen atoms in total. The molecule has 0 bridgehead atoms. The molecular formula is C16H22N4O. The maximum absolute atomic E-state index is 5.50. The van der Waals surface area contributed by atoms with Gasteiger partial charge in [0.2, 0.25) is 5.89 Å². The molecule has 0 amide bonds. The lowest BCUT2D eigenvalue weighted by Crippen LogP contribution is -2.29. The minimum atomic E-state index is 0.310. The van der Waals surface area contributed by atoms with Crippen LogP contribution in [-0.2, 0) is 19.5 Å². The summed E-state index contributed by atoms with van der Waals surface area (Å²) in [7, 11) is 0. The highest BCUT2D eigenvalue weighted by Crippen LogP contribution is 2.23. The Hall–Kier alpha value is -1.72. The van der Waals surface area contributed by atoms with Crippen LogP contribution >= 0.6 is 0 Å². The highest BCUT2D eigenvalue weighted by Gasteiger charge is 2.25. The quantitative estimate of drug-likeness (QED) is 0.881. The third kappa shape index (κ3) is 3.68. The van der Waals surface area contributed by atoms with Crippen molar-refractivity contribution in [3.8, 4) is 0 Å². The van der Waals surface area contributed by atoms with Gasteiger partial charge in [-0.3, -0.25) is 4.90 Å². The molecule has 1 aliphatic rings.